The maximum absolute atomic E-state index is 4.72. The molecule has 0 bridgehead atoms. The van der Waals surface area contributed by atoms with Crippen LogP contribution in [-0.2, 0) is 20.0 Å². The Morgan fingerprint density at radius 3 is 2.72 bits per heavy atom. The number of nitrogens with one attached hydrogen (secondary N) is 1. The highest BCUT2D eigenvalue weighted by atomic mass is 15.1. The zero-order valence-corrected chi connectivity index (χ0v) is 11.6. The quantitative estimate of drug-likeness (QED) is 0.893. The maximum Gasteiger partial charge on any atom is 0.122 e. The molecule has 0 spiro atoms. The van der Waals surface area contributed by atoms with Crippen molar-refractivity contribution in [1.29, 1.82) is 0 Å². The lowest BCUT2D eigenvalue weighted by Gasteiger charge is -2.02. The molecule has 0 radical (unpaired) electrons. The third kappa shape index (κ3) is 2.62. The topological polar surface area (TPSA) is 29.9 Å². The fourth-order valence-corrected chi connectivity index (χ4v) is 2.20. The fraction of sp³-hybridized carbons (Fsp3) is 0.400. The molecule has 2 rings (SSSR count). The van der Waals surface area contributed by atoms with Crippen molar-refractivity contribution >= 4 is 0 Å². The number of aryl methyl sites for hydroxylation is 1. The first-order valence-corrected chi connectivity index (χ1v) is 6.33. The molecular formula is C15H21N3. The summed E-state index contributed by atoms with van der Waals surface area (Å²) in [5.74, 6) is 1.10. The van der Waals surface area contributed by atoms with Gasteiger partial charge in [-0.1, -0.05) is 29.8 Å². The average molecular weight is 243 g/mol. The Kier molecular flexibility index (Phi) is 3.82. The van der Waals surface area contributed by atoms with Gasteiger partial charge >= 0.3 is 0 Å². The number of rotatable bonds is 4. The summed E-state index contributed by atoms with van der Waals surface area (Å²) in [7, 11) is 4.03. The van der Waals surface area contributed by atoms with E-state index in [1.165, 1.54) is 22.5 Å². The molecule has 0 saturated heterocycles. The summed E-state index contributed by atoms with van der Waals surface area (Å²) in [6.07, 6.45) is 0.908. The van der Waals surface area contributed by atoms with Crippen molar-refractivity contribution in [2.75, 3.05) is 7.05 Å². The molecule has 96 valence electrons. The summed E-state index contributed by atoms with van der Waals surface area (Å²) in [5.41, 5.74) is 5.05. The Labute approximate surface area is 109 Å². The molecule has 0 unspecified atom stereocenters. The van der Waals surface area contributed by atoms with Gasteiger partial charge in [-0.25, -0.2) is 4.98 Å². The molecule has 0 aliphatic carbocycles. The van der Waals surface area contributed by atoms with Gasteiger partial charge in [-0.2, -0.15) is 0 Å². The van der Waals surface area contributed by atoms with Crippen LogP contribution >= 0.6 is 0 Å². The molecule has 18 heavy (non-hydrogen) atoms. The highest BCUT2D eigenvalue weighted by molar-refractivity contribution is 5.28. The van der Waals surface area contributed by atoms with Crippen molar-refractivity contribution in [2.45, 2.75) is 26.8 Å². The Morgan fingerprint density at radius 1 is 1.28 bits per heavy atom. The van der Waals surface area contributed by atoms with Crippen LogP contribution in [0.1, 0.15) is 28.3 Å². The molecule has 1 N–H and O–H groups in total. The average Bonchev–Trinajstić information content (AvgIpc) is 2.59. The first kappa shape index (κ1) is 12.8. The standard InChI is InChI=1S/C15H21N3/c1-11-6-5-7-13(8-11)9-14-12(2)18(4)15(17-14)10-16-3/h5-8,16H,9-10H2,1-4H3. The van der Waals surface area contributed by atoms with Gasteiger partial charge in [0.2, 0.25) is 0 Å². The molecule has 3 nitrogen and oxygen atoms in total. The second kappa shape index (κ2) is 5.36. The van der Waals surface area contributed by atoms with Gasteiger partial charge in [0.15, 0.2) is 0 Å². The predicted octanol–water partition coefficient (Wildman–Crippen LogP) is 2.35. The summed E-state index contributed by atoms with van der Waals surface area (Å²) < 4.78 is 2.17. The monoisotopic (exact) mass is 243 g/mol. The van der Waals surface area contributed by atoms with Crippen LogP contribution < -0.4 is 5.32 Å². The second-order valence-electron chi connectivity index (χ2n) is 4.82. The van der Waals surface area contributed by atoms with E-state index in [9.17, 15) is 0 Å². The van der Waals surface area contributed by atoms with Crippen LogP contribution in [0.3, 0.4) is 0 Å². The van der Waals surface area contributed by atoms with Crippen molar-refractivity contribution < 1.29 is 0 Å². The highest BCUT2D eigenvalue weighted by Crippen LogP contribution is 2.15. The molecule has 0 atom stereocenters. The third-order valence-electron chi connectivity index (χ3n) is 3.36. The third-order valence-corrected chi connectivity index (χ3v) is 3.36. The van der Waals surface area contributed by atoms with Crippen LogP contribution in [0.5, 0.6) is 0 Å². The molecule has 1 aromatic carbocycles. The molecular weight excluding hydrogens is 222 g/mol. The lowest BCUT2D eigenvalue weighted by molar-refractivity contribution is 0.700. The largest absolute Gasteiger partial charge is 0.334 e. The minimum absolute atomic E-state index is 0.811. The van der Waals surface area contributed by atoms with E-state index in [1.54, 1.807) is 0 Å². The minimum atomic E-state index is 0.811. The second-order valence-corrected chi connectivity index (χ2v) is 4.82. The van der Waals surface area contributed by atoms with Gasteiger partial charge in [0.05, 0.1) is 12.2 Å². The van der Waals surface area contributed by atoms with Crippen molar-refractivity contribution in [3.05, 3.63) is 52.6 Å². The molecule has 1 heterocycles. The molecule has 1 aromatic heterocycles. The zero-order chi connectivity index (χ0) is 13.1. The van der Waals surface area contributed by atoms with Gasteiger partial charge in [-0.3, -0.25) is 0 Å². The lowest BCUT2D eigenvalue weighted by atomic mass is 10.1. The molecule has 2 aromatic rings. The molecule has 0 fully saturated rings. The molecule has 0 aliphatic heterocycles. The summed E-state index contributed by atoms with van der Waals surface area (Å²) in [5, 5.41) is 3.16. The van der Waals surface area contributed by atoms with Gasteiger partial charge in [0, 0.05) is 19.2 Å². The van der Waals surface area contributed by atoms with Crippen LogP contribution in [0.4, 0.5) is 0 Å². The number of nitrogens with zero attached hydrogens (tertiary/aromatic N) is 2. The summed E-state index contributed by atoms with van der Waals surface area (Å²) >= 11 is 0. The van der Waals surface area contributed by atoms with Crippen LogP contribution in [0.2, 0.25) is 0 Å². The Bertz CT molecular complexity index is 541. The van der Waals surface area contributed by atoms with Crippen LogP contribution in [0, 0.1) is 13.8 Å². The van der Waals surface area contributed by atoms with Gasteiger partial charge in [-0.05, 0) is 26.5 Å². The van der Waals surface area contributed by atoms with Crippen molar-refractivity contribution in [2.24, 2.45) is 7.05 Å². The first-order valence-electron chi connectivity index (χ1n) is 6.33. The molecule has 0 amide bonds. The normalized spacial score (nSPS) is 10.9. The van der Waals surface area contributed by atoms with Crippen LogP contribution in [0.15, 0.2) is 24.3 Å². The highest BCUT2D eigenvalue weighted by Gasteiger charge is 2.10. The predicted molar refractivity (Wildman–Crippen MR) is 74.7 cm³/mol. The number of hydrogen-bond acceptors (Lipinski definition) is 2. The van der Waals surface area contributed by atoms with E-state index in [0.29, 0.717) is 0 Å². The van der Waals surface area contributed by atoms with E-state index in [0.717, 1.165) is 18.8 Å². The Morgan fingerprint density at radius 2 is 2.06 bits per heavy atom. The Balaban J connectivity index is 2.26. The molecule has 0 saturated carbocycles. The molecule has 3 heteroatoms. The minimum Gasteiger partial charge on any atom is -0.334 e. The number of benzene rings is 1. The van der Waals surface area contributed by atoms with Crippen molar-refractivity contribution in [3.63, 3.8) is 0 Å². The van der Waals surface area contributed by atoms with Crippen molar-refractivity contribution in [1.82, 2.24) is 14.9 Å². The first-order chi connectivity index (χ1) is 8.61. The van der Waals surface area contributed by atoms with Gasteiger partial charge in [0.1, 0.15) is 5.82 Å². The maximum atomic E-state index is 4.72. The van der Waals surface area contributed by atoms with Gasteiger partial charge in [0.25, 0.3) is 0 Å². The van der Waals surface area contributed by atoms with E-state index < -0.39 is 0 Å². The van der Waals surface area contributed by atoms with Gasteiger partial charge < -0.3 is 9.88 Å². The van der Waals surface area contributed by atoms with E-state index >= 15 is 0 Å². The van der Waals surface area contributed by atoms with E-state index in [4.69, 9.17) is 4.98 Å². The summed E-state index contributed by atoms with van der Waals surface area (Å²) in [6, 6.07) is 8.63. The number of imidazole rings is 1. The van der Waals surface area contributed by atoms with E-state index in [2.05, 4.69) is 55.0 Å². The summed E-state index contributed by atoms with van der Waals surface area (Å²) in [6.45, 7) is 5.07. The smallest absolute Gasteiger partial charge is 0.122 e. The van der Waals surface area contributed by atoms with Crippen LogP contribution in [-0.4, -0.2) is 16.6 Å². The van der Waals surface area contributed by atoms with Crippen molar-refractivity contribution in [3.8, 4) is 0 Å². The van der Waals surface area contributed by atoms with Crippen LogP contribution in [0.25, 0.3) is 0 Å². The SMILES string of the molecule is CNCc1nc(Cc2cccc(C)c2)c(C)n1C. The number of hydrogen-bond donors (Lipinski definition) is 1. The summed E-state index contributed by atoms with van der Waals surface area (Å²) in [4.78, 5) is 4.72. The van der Waals surface area contributed by atoms with E-state index in [-0.39, 0.29) is 0 Å². The zero-order valence-electron chi connectivity index (χ0n) is 11.6. The number of aromatic nitrogens is 2. The van der Waals surface area contributed by atoms with Gasteiger partial charge in [-0.15, -0.1) is 0 Å². The molecule has 0 aliphatic rings. The Hall–Kier alpha value is -1.61. The fourth-order valence-electron chi connectivity index (χ4n) is 2.20. The lowest BCUT2D eigenvalue weighted by Crippen LogP contribution is -2.10. The van der Waals surface area contributed by atoms with E-state index in [1.807, 2.05) is 7.05 Å².